The fraction of sp³-hybridized carbons (Fsp3) is 0.267. The second-order valence-corrected chi connectivity index (χ2v) is 6.66. The summed E-state index contributed by atoms with van der Waals surface area (Å²) in [7, 11) is 0. The van der Waals surface area contributed by atoms with Gasteiger partial charge in [0.2, 0.25) is 0 Å². The number of carbonyl (C=O) groups excluding carboxylic acids is 1. The number of benzene rings is 1. The van der Waals surface area contributed by atoms with E-state index in [1.165, 1.54) is 29.1 Å². The number of hydrogen-bond acceptors (Lipinski definition) is 6. The normalized spacial score (nSPS) is 10.3. The average molecular weight is 352 g/mol. The minimum Gasteiger partial charge on any atom is -0.484 e. The molecule has 2 aromatic rings. The molecule has 122 valence electrons. The molecule has 0 saturated carbocycles. The van der Waals surface area contributed by atoms with E-state index in [1.807, 2.05) is 11.4 Å². The van der Waals surface area contributed by atoms with Crippen molar-refractivity contribution in [2.45, 2.75) is 5.75 Å². The summed E-state index contributed by atoms with van der Waals surface area (Å²) in [6, 6.07) is 9.75. The van der Waals surface area contributed by atoms with Crippen LogP contribution in [0.1, 0.15) is 4.88 Å². The Bertz CT molecular complexity index is 629. The molecule has 1 N–H and O–H groups in total. The van der Waals surface area contributed by atoms with E-state index in [0.29, 0.717) is 12.3 Å². The number of nitrogens with zero attached hydrogens (tertiary/aromatic N) is 1. The van der Waals surface area contributed by atoms with Gasteiger partial charge in [-0.25, -0.2) is 0 Å². The zero-order valence-corrected chi connectivity index (χ0v) is 13.9. The van der Waals surface area contributed by atoms with E-state index < -0.39 is 4.92 Å². The number of hydrogen-bond donors (Lipinski definition) is 1. The predicted octanol–water partition coefficient (Wildman–Crippen LogP) is 3.08. The minimum absolute atomic E-state index is 0.00966. The molecule has 0 bridgehead atoms. The van der Waals surface area contributed by atoms with Crippen molar-refractivity contribution in [1.82, 2.24) is 5.32 Å². The molecular weight excluding hydrogens is 336 g/mol. The van der Waals surface area contributed by atoms with Gasteiger partial charge in [0, 0.05) is 35.1 Å². The zero-order valence-electron chi connectivity index (χ0n) is 12.3. The number of amides is 1. The van der Waals surface area contributed by atoms with E-state index in [-0.39, 0.29) is 18.2 Å². The molecule has 8 heteroatoms. The van der Waals surface area contributed by atoms with Gasteiger partial charge in [-0.15, -0.1) is 11.3 Å². The van der Waals surface area contributed by atoms with Gasteiger partial charge in [-0.1, -0.05) is 6.07 Å². The van der Waals surface area contributed by atoms with Gasteiger partial charge in [0.15, 0.2) is 6.61 Å². The van der Waals surface area contributed by atoms with Crippen molar-refractivity contribution in [2.24, 2.45) is 0 Å². The second kappa shape index (κ2) is 9.16. The summed E-state index contributed by atoms with van der Waals surface area (Å²) in [4.78, 5) is 23.0. The molecule has 1 aromatic carbocycles. The molecule has 0 atom stereocenters. The molecule has 0 radical (unpaired) electrons. The molecular formula is C15H16N2O4S2. The maximum absolute atomic E-state index is 11.6. The van der Waals surface area contributed by atoms with E-state index in [1.54, 1.807) is 23.1 Å². The van der Waals surface area contributed by atoms with Gasteiger partial charge in [-0.3, -0.25) is 14.9 Å². The Morgan fingerprint density at radius 3 is 2.74 bits per heavy atom. The summed E-state index contributed by atoms with van der Waals surface area (Å²) in [5, 5.41) is 15.3. The van der Waals surface area contributed by atoms with E-state index in [9.17, 15) is 14.9 Å². The first-order valence-corrected chi connectivity index (χ1v) is 8.92. The van der Waals surface area contributed by atoms with Crippen LogP contribution in [0, 0.1) is 10.1 Å². The lowest BCUT2D eigenvalue weighted by atomic mass is 10.3. The van der Waals surface area contributed by atoms with Crippen LogP contribution in [0.3, 0.4) is 0 Å². The third-order valence-corrected chi connectivity index (χ3v) is 4.88. The Hall–Kier alpha value is -2.06. The number of thiophene rings is 1. The maximum Gasteiger partial charge on any atom is 0.269 e. The predicted molar refractivity (Wildman–Crippen MR) is 92.1 cm³/mol. The van der Waals surface area contributed by atoms with Crippen LogP contribution in [0.15, 0.2) is 41.8 Å². The molecule has 0 aliphatic heterocycles. The van der Waals surface area contributed by atoms with Crippen LogP contribution in [-0.4, -0.2) is 29.7 Å². The Kier molecular flexibility index (Phi) is 6.89. The average Bonchev–Trinajstić information content (AvgIpc) is 3.06. The Morgan fingerprint density at radius 2 is 2.09 bits per heavy atom. The monoisotopic (exact) mass is 352 g/mol. The van der Waals surface area contributed by atoms with E-state index in [0.717, 1.165) is 11.5 Å². The van der Waals surface area contributed by atoms with Gasteiger partial charge in [0.05, 0.1) is 4.92 Å². The van der Waals surface area contributed by atoms with Crippen LogP contribution in [0.4, 0.5) is 5.69 Å². The third kappa shape index (κ3) is 6.29. The first kappa shape index (κ1) is 17.3. The highest BCUT2D eigenvalue weighted by Gasteiger charge is 2.06. The number of thioether (sulfide) groups is 1. The number of carbonyl (C=O) groups is 1. The topological polar surface area (TPSA) is 81.5 Å². The molecule has 0 fully saturated rings. The summed E-state index contributed by atoms with van der Waals surface area (Å²) in [6.45, 7) is 0.478. The van der Waals surface area contributed by atoms with E-state index >= 15 is 0 Å². The number of non-ortho nitro benzene ring substituents is 1. The smallest absolute Gasteiger partial charge is 0.269 e. The molecule has 0 unspecified atom stereocenters. The summed E-state index contributed by atoms with van der Waals surface area (Å²) in [6.07, 6.45) is 0. The first-order chi connectivity index (χ1) is 11.1. The molecule has 1 aromatic heterocycles. The lowest BCUT2D eigenvalue weighted by Crippen LogP contribution is -2.30. The van der Waals surface area contributed by atoms with Gasteiger partial charge < -0.3 is 10.1 Å². The van der Waals surface area contributed by atoms with Crippen molar-refractivity contribution in [1.29, 1.82) is 0 Å². The Morgan fingerprint density at radius 1 is 1.30 bits per heavy atom. The maximum atomic E-state index is 11.6. The quantitative estimate of drug-likeness (QED) is 0.426. The van der Waals surface area contributed by atoms with Crippen molar-refractivity contribution >= 4 is 34.7 Å². The number of nitrogens with one attached hydrogen (secondary N) is 1. The lowest BCUT2D eigenvalue weighted by Gasteiger charge is -2.07. The van der Waals surface area contributed by atoms with Crippen molar-refractivity contribution in [3.63, 3.8) is 0 Å². The van der Waals surface area contributed by atoms with Crippen LogP contribution in [0.25, 0.3) is 0 Å². The summed E-state index contributed by atoms with van der Waals surface area (Å²) < 4.78 is 5.28. The van der Waals surface area contributed by atoms with Gasteiger partial charge in [0.25, 0.3) is 11.6 Å². The summed E-state index contributed by atoms with van der Waals surface area (Å²) in [5.74, 6) is 2.01. The summed E-state index contributed by atoms with van der Waals surface area (Å²) in [5.41, 5.74) is -0.00966. The third-order valence-electron chi connectivity index (χ3n) is 2.81. The molecule has 1 heterocycles. The van der Waals surface area contributed by atoms with Crippen molar-refractivity contribution < 1.29 is 14.5 Å². The standard InChI is InChI=1S/C15H16N2O4S2/c18-15(16-7-9-22-11-14-2-1-8-23-14)10-21-13-5-3-12(4-6-13)17(19)20/h1-6,8H,7,9-11H2,(H,16,18). The van der Waals surface area contributed by atoms with Crippen LogP contribution >= 0.6 is 23.1 Å². The lowest BCUT2D eigenvalue weighted by molar-refractivity contribution is -0.384. The highest BCUT2D eigenvalue weighted by Crippen LogP contribution is 2.17. The van der Waals surface area contributed by atoms with Gasteiger partial charge in [0.1, 0.15) is 5.75 Å². The fourth-order valence-corrected chi connectivity index (χ4v) is 3.39. The highest BCUT2D eigenvalue weighted by atomic mass is 32.2. The van der Waals surface area contributed by atoms with Crippen molar-refractivity contribution in [3.05, 3.63) is 56.8 Å². The summed E-state index contributed by atoms with van der Waals surface area (Å²) >= 11 is 3.49. The van der Waals surface area contributed by atoms with Gasteiger partial charge in [-0.05, 0) is 23.6 Å². The van der Waals surface area contributed by atoms with Gasteiger partial charge in [-0.2, -0.15) is 11.8 Å². The molecule has 0 spiro atoms. The SMILES string of the molecule is O=C(COc1ccc([N+](=O)[O-])cc1)NCCSCc1cccs1. The number of rotatable bonds is 9. The number of nitro benzene ring substituents is 1. The Balaban J connectivity index is 1.58. The zero-order chi connectivity index (χ0) is 16.5. The van der Waals surface area contributed by atoms with Crippen LogP contribution in [-0.2, 0) is 10.5 Å². The fourth-order valence-electron chi connectivity index (χ4n) is 1.69. The van der Waals surface area contributed by atoms with Gasteiger partial charge >= 0.3 is 0 Å². The molecule has 2 rings (SSSR count). The van der Waals surface area contributed by atoms with Crippen LogP contribution < -0.4 is 10.1 Å². The van der Waals surface area contributed by atoms with Crippen LogP contribution in [0.2, 0.25) is 0 Å². The van der Waals surface area contributed by atoms with Crippen molar-refractivity contribution in [3.8, 4) is 5.75 Å². The molecule has 23 heavy (non-hydrogen) atoms. The first-order valence-electron chi connectivity index (χ1n) is 6.89. The molecule has 6 nitrogen and oxygen atoms in total. The Labute approximate surface area is 142 Å². The number of nitro groups is 1. The van der Waals surface area contributed by atoms with Crippen molar-refractivity contribution in [2.75, 3.05) is 18.9 Å². The minimum atomic E-state index is -0.482. The molecule has 0 saturated heterocycles. The van der Waals surface area contributed by atoms with E-state index in [2.05, 4.69) is 11.4 Å². The largest absolute Gasteiger partial charge is 0.484 e. The van der Waals surface area contributed by atoms with Crippen LogP contribution in [0.5, 0.6) is 5.75 Å². The molecule has 0 aliphatic carbocycles. The molecule has 1 amide bonds. The van der Waals surface area contributed by atoms with E-state index in [4.69, 9.17) is 4.74 Å². The second-order valence-electron chi connectivity index (χ2n) is 4.52. The highest BCUT2D eigenvalue weighted by molar-refractivity contribution is 7.98. The molecule has 0 aliphatic rings. The number of ether oxygens (including phenoxy) is 1.